The van der Waals surface area contributed by atoms with Crippen molar-refractivity contribution < 1.29 is 49.6 Å². The molecule has 168 valence electrons. The van der Waals surface area contributed by atoms with Gasteiger partial charge in [0.2, 0.25) is 6.29 Å². The number of hydrogen-bond donors (Lipinski definition) is 6. The van der Waals surface area contributed by atoms with E-state index in [1.807, 2.05) is 0 Å². The van der Waals surface area contributed by atoms with Gasteiger partial charge in [0.05, 0.1) is 18.1 Å². The SMILES string of the molecule is CC1OC(C)c2c(cc3cc(O)cc(O[C@@H]4O[C@H](CO)[C@@H](O)[C@H](O)[C@H]4O)c3c2O)C1=O. The highest BCUT2D eigenvalue weighted by atomic mass is 16.7. The lowest BCUT2D eigenvalue weighted by molar-refractivity contribution is -0.277. The monoisotopic (exact) mass is 436 g/mol. The van der Waals surface area contributed by atoms with E-state index in [-0.39, 0.29) is 39.5 Å². The van der Waals surface area contributed by atoms with Crippen molar-refractivity contribution in [2.45, 2.75) is 56.8 Å². The summed E-state index contributed by atoms with van der Waals surface area (Å²) in [5.74, 6) is -0.949. The number of hydrogen-bond acceptors (Lipinski definition) is 10. The number of carbonyl (C=O) groups excluding carboxylic acids is 1. The molecule has 0 aromatic heterocycles. The van der Waals surface area contributed by atoms with Crippen molar-refractivity contribution in [3.05, 3.63) is 29.3 Å². The van der Waals surface area contributed by atoms with Gasteiger partial charge in [-0.05, 0) is 31.4 Å². The number of Topliss-reactive ketones (excluding diaryl/α,β-unsaturated/α-hetero) is 1. The van der Waals surface area contributed by atoms with Gasteiger partial charge in [0, 0.05) is 17.2 Å². The zero-order chi connectivity index (χ0) is 22.6. The van der Waals surface area contributed by atoms with E-state index in [9.17, 15) is 35.4 Å². The summed E-state index contributed by atoms with van der Waals surface area (Å²) in [5, 5.41) is 61.1. The Morgan fingerprint density at radius 3 is 2.35 bits per heavy atom. The molecular weight excluding hydrogens is 412 g/mol. The molecule has 2 aliphatic heterocycles. The van der Waals surface area contributed by atoms with E-state index in [0.717, 1.165) is 0 Å². The van der Waals surface area contributed by atoms with E-state index >= 15 is 0 Å². The van der Waals surface area contributed by atoms with Gasteiger partial charge >= 0.3 is 0 Å². The molecule has 0 aliphatic carbocycles. The van der Waals surface area contributed by atoms with Crippen LogP contribution in [0.15, 0.2) is 18.2 Å². The van der Waals surface area contributed by atoms with Crippen LogP contribution in [0.5, 0.6) is 17.2 Å². The molecule has 2 heterocycles. The Morgan fingerprint density at radius 2 is 1.68 bits per heavy atom. The summed E-state index contributed by atoms with van der Waals surface area (Å²) >= 11 is 0. The zero-order valence-corrected chi connectivity index (χ0v) is 16.8. The lowest BCUT2D eigenvalue weighted by atomic mass is 9.89. The fourth-order valence-corrected chi connectivity index (χ4v) is 4.14. The lowest BCUT2D eigenvalue weighted by Gasteiger charge is -2.39. The maximum Gasteiger partial charge on any atom is 0.229 e. The van der Waals surface area contributed by atoms with Crippen LogP contribution in [0.25, 0.3) is 10.8 Å². The molecule has 2 aliphatic rings. The third kappa shape index (κ3) is 3.51. The van der Waals surface area contributed by atoms with Gasteiger partial charge in [-0.25, -0.2) is 0 Å². The maximum absolute atomic E-state index is 12.6. The Hall–Kier alpha value is -2.47. The second-order valence-electron chi connectivity index (χ2n) is 7.83. The molecule has 6 N–H and O–H groups in total. The number of carbonyl (C=O) groups is 1. The minimum atomic E-state index is -1.68. The van der Waals surface area contributed by atoms with E-state index in [4.69, 9.17) is 14.2 Å². The van der Waals surface area contributed by atoms with E-state index in [2.05, 4.69) is 0 Å². The van der Waals surface area contributed by atoms with Crippen molar-refractivity contribution >= 4 is 16.6 Å². The molecule has 0 saturated carbocycles. The van der Waals surface area contributed by atoms with Gasteiger partial charge in [-0.1, -0.05) is 0 Å². The fraction of sp³-hybridized carbons (Fsp3) is 0.476. The number of aliphatic hydroxyl groups excluding tert-OH is 4. The first-order valence-electron chi connectivity index (χ1n) is 9.83. The molecule has 0 bridgehead atoms. The van der Waals surface area contributed by atoms with Gasteiger partial charge in [-0.2, -0.15) is 0 Å². The van der Waals surface area contributed by atoms with Crippen LogP contribution in [0.2, 0.25) is 0 Å². The molecule has 10 heteroatoms. The van der Waals surface area contributed by atoms with Gasteiger partial charge in [-0.3, -0.25) is 4.79 Å². The number of rotatable bonds is 3. The number of ether oxygens (including phenoxy) is 3. The summed E-state index contributed by atoms with van der Waals surface area (Å²) in [4.78, 5) is 12.6. The summed E-state index contributed by atoms with van der Waals surface area (Å²) in [6.45, 7) is 2.66. The Morgan fingerprint density at radius 1 is 0.968 bits per heavy atom. The molecular formula is C21H24O10. The number of fused-ring (bicyclic) bond motifs is 2. The highest BCUT2D eigenvalue weighted by molar-refractivity contribution is 6.08. The average molecular weight is 436 g/mol. The van der Waals surface area contributed by atoms with Crippen LogP contribution in [-0.4, -0.2) is 79.8 Å². The lowest BCUT2D eigenvalue weighted by Crippen LogP contribution is -2.60. The third-order valence-electron chi connectivity index (χ3n) is 5.74. The molecule has 2 unspecified atom stereocenters. The van der Waals surface area contributed by atoms with Crippen LogP contribution in [-0.2, 0) is 9.47 Å². The molecule has 0 amide bonds. The smallest absolute Gasteiger partial charge is 0.229 e. The van der Waals surface area contributed by atoms with Crippen LogP contribution < -0.4 is 4.74 Å². The topological polar surface area (TPSA) is 166 Å². The summed E-state index contributed by atoms with van der Waals surface area (Å²) in [6, 6.07) is 4.03. The van der Waals surface area contributed by atoms with Gasteiger partial charge in [0.25, 0.3) is 0 Å². The van der Waals surface area contributed by atoms with E-state index < -0.39 is 49.5 Å². The van der Waals surface area contributed by atoms with Crippen LogP contribution in [0.4, 0.5) is 0 Å². The fourth-order valence-electron chi connectivity index (χ4n) is 4.14. The van der Waals surface area contributed by atoms with Crippen LogP contribution in [0.1, 0.15) is 35.9 Å². The Bertz CT molecular complexity index is 1020. The largest absolute Gasteiger partial charge is 0.508 e. The predicted molar refractivity (Wildman–Crippen MR) is 105 cm³/mol. The average Bonchev–Trinajstić information content (AvgIpc) is 2.71. The van der Waals surface area contributed by atoms with Gasteiger partial charge < -0.3 is 44.8 Å². The number of aromatic hydroxyl groups is 2. The highest BCUT2D eigenvalue weighted by Gasteiger charge is 2.45. The third-order valence-corrected chi connectivity index (χ3v) is 5.74. The minimum absolute atomic E-state index is 0.0992. The first kappa shape index (κ1) is 21.8. The number of ketones is 1. The van der Waals surface area contributed by atoms with E-state index in [0.29, 0.717) is 5.39 Å². The van der Waals surface area contributed by atoms with E-state index in [1.54, 1.807) is 13.8 Å². The molecule has 4 rings (SSSR count). The quantitative estimate of drug-likeness (QED) is 0.388. The summed E-state index contributed by atoms with van der Waals surface area (Å²) in [7, 11) is 0. The van der Waals surface area contributed by atoms with Crippen LogP contribution >= 0.6 is 0 Å². The van der Waals surface area contributed by atoms with Crippen molar-refractivity contribution in [2.24, 2.45) is 0 Å². The Kier molecular flexibility index (Phi) is 5.54. The zero-order valence-electron chi connectivity index (χ0n) is 16.8. The van der Waals surface area contributed by atoms with Gasteiger partial charge in [-0.15, -0.1) is 0 Å². The van der Waals surface area contributed by atoms with Crippen LogP contribution in [0, 0.1) is 0 Å². The Labute approximate surface area is 176 Å². The van der Waals surface area contributed by atoms with Crippen molar-refractivity contribution in [3.63, 3.8) is 0 Å². The molecule has 10 nitrogen and oxygen atoms in total. The van der Waals surface area contributed by atoms with Gasteiger partial charge in [0.1, 0.15) is 47.8 Å². The molecule has 1 saturated heterocycles. The van der Waals surface area contributed by atoms with E-state index in [1.165, 1.54) is 18.2 Å². The maximum atomic E-state index is 12.6. The first-order chi connectivity index (χ1) is 14.6. The summed E-state index contributed by atoms with van der Waals surface area (Å²) < 4.78 is 16.6. The summed E-state index contributed by atoms with van der Waals surface area (Å²) in [5.41, 5.74) is 0.528. The Balaban J connectivity index is 1.82. The molecule has 2 aromatic carbocycles. The van der Waals surface area contributed by atoms with Crippen molar-refractivity contribution in [1.29, 1.82) is 0 Å². The number of aliphatic hydroxyl groups is 4. The number of benzene rings is 2. The van der Waals surface area contributed by atoms with Crippen molar-refractivity contribution in [3.8, 4) is 17.2 Å². The van der Waals surface area contributed by atoms with Crippen molar-refractivity contribution in [2.75, 3.05) is 6.61 Å². The molecule has 0 radical (unpaired) electrons. The summed E-state index contributed by atoms with van der Waals surface area (Å²) in [6.07, 6.45) is -8.91. The second kappa shape index (κ2) is 7.90. The molecule has 0 spiro atoms. The first-order valence-corrected chi connectivity index (χ1v) is 9.83. The highest BCUT2D eigenvalue weighted by Crippen LogP contribution is 2.46. The standard InChI is InChI=1S/C21H24O10/c1-7-14-11(16(24)8(2)29-7)4-9-3-10(23)5-12(15(9)18(14)26)30-21-20(28)19(27)17(25)13(6-22)31-21/h3-5,7-8,13,17,19-23,25-28H,6H2,1-2H3/t7?,8?,13-,17-,19+,20-,21-/m1/s1. The number of phenols is 2. The number of phenolic OH excluding ortho intramolecular Hbond substituents is 2. The second-order valence-corrected chi connectivity index (χ2v) is 7.83. The molecule has 1 fully saturated rings. The minimum Gasteiger partial charge on any atom is -0.508 e. The molecule has 2 aromatic rings. The predicted octanol–water partition coefficient (Wildman–Crippen LogP) is 0.0921. The molecule has 7 atom stereocenters. The van der Waals surface area contributed by atoms with Crippen LogP contribution in [0.3, 0.4) is 0 Å². The van der Waals surface area contributed by atoms with Crippen molar-refractivity contribution in [1.82, 2.24) is 0 Å². The normalized spacial score (nSPS) is 33.4. The van der Waals surface area contributed by atoms with Gasteiger partial charge in [0.15, 0.2) is 5.78 Å². The molecule has 31 heavy (non-hydrogen) atoms.